The maximum atomic E-state index is 12.8. The van der Waals surface area contributed by atoms with Crippen molar-refractivity contribution in [1.29, 1.82) is 0 Å². The summed E-state index contributed by atoms with van der Waals surface area (Å²) in [6.07, 6.45) is 2.07. The van der Waals surface area contributed by atoms with Crippen molar-refractivity contribution in [3.05, 3.63) is 64.6 Å². The highest BCUT2D eigenvalue weighted by Gasteiger charge is 2.17. The Balaban J connectivity index is 1.80. The molecule has 0 atom stereocenters. The lowest BCUT2D eigenvalue weighted by molar-refractivity contribution is 0.102. The molecule has 1 amide bonds. The summed E-state index contributed by atoms with van der Waals surface area (Å²) in [4.78, 5) is 17.5. The molecular formula is C21H19BrN4O. The molecule has 0 radical (unpaired) electrons. The van der Waals surface area contributed by atoms with Crippen LogP contribution in [0.1, 0.15) is 30.1 Å². The van der Waals surface area contributed by atoms with Gasteiger partial charge >= 0.3 is 0 Å². The van der Waals surface area contributed by atoms with E-state index in [0.717, 1.165) is 45.8 Å². The molecule has 0 aliphatic carbocycles. The second-order valence-corrected chi connectivity index (χ2v) is 7.27. The van der Waals surface area contributed by atoms with Crippen molar-refractivity contribution >= 4 is 49.6 Å². The molecule has 0 aliphatic heterocycles. The molecule has 0 saturated heterocycles. The molecule has 0 bridgehead atoms. The number of para-hydroxylation sites is 1. The Bertz CT molecular complexity index is 1140. The van der Waals surface area contributed by atoms with Gasteiger partial charge in [0.2, 0.25) is 0 Å². The van der Waals surface area contributed by atoms with E-state index in [1.54, 1.807) is 6.07 Å². The van der Waals surface area contributed by atoms with Crippen molar-refractivity contribution < 1.29 is 4.79 Å². The maximum Gasteiger partial charge on any atom is 0.258 e. The number of carbonyl (C=O) groups is 1. The van der Waals surface area contributed by atoms with Crippen LogP contribution in [-0.2, 0) is 6.54 Å². The molecule has 5 nitrogen and oxygen atoms in total. The zero-order valence-electron chi connectivity index (χ0n) is 14.9. The number of pyridine rings is 1. The van der Waals surface area contributed by atoms with E-state index in [9.17, 15) is 4.79 Å². The first kappa shape index (κ1) is 17.7. The summed E-state index contributed by atoms with van der Waals surface area (Å²) in [6.45, 7) is 2.91. The zero-order valence-corrected chi connectivity index (χ0v) is 16.5. The first-order valence-electron chi connectivity index (χ1n) is 8.99. The van der Waals surface area contributed by atoms with E-state index in [0.29, 0.717) is 11.4 Å². The summed E-state index contributed by atoms with van der Waals surface area (Å²) >= 11 is 3.43. The minimum Gasteiger partial charge on any atom is -0.304 e. The zero-order chi connectivity index (χ0) is 18.8. The number of benzene rings is 2. The van der Waals surface area contributed by atoms with Crippen LogP contribution in [0.4, 0.5) is 5.82 Å². The van der Waals surface area contributed by atoms with Gasteiger partial charge in [0.15, 0.2) is 11.5 Å². The van der Waals surface area contributed by atoms with E-state index in [4.69, 9.17) is 4.98 Å². The summed E-state index contributed by atoms with van der Waals surface area (Å²) in [6, 6.07) is 17.4. The van der Waals surface area contributed by atoms with E-state index >= 15 is 0 Å². The Morgan fingerprint density at radius 3 is 2.74 bits per heavy atom. The Kier molecular flexibility index (Phi) is 4.90. The molecule has 2 aromatic carbocycles. The largest absolute Gasteiger partial charge is 0.304 e. The van der Waals surface area contributed by atoms with E-state index < -0.39 is 0 Å². The number of rotatable bonds is 5. The van der Waals surface area contributed by atoms with E-state index in [-0.39, 0.29) is 5.91 Å². The number of hydrogen-bond donors (Lipinski definition) is 1. The van der Waals surface area contributed by atoms with Crippen LogP contribution in [0, 0.1) is 0 Å². The summed E-state index contributed by atoms with van der Waals surface area (Å²) in [5.74, 6) is 0.345. The van der Waals surface area contributed by atoms with Crippen molar-refractivity contribution in [3.8, 4) is 0 Å². The van der Waals surface area contributed by atoms with Gasteiger partial charge < -0.3 is 5.32 Å². The highest BCUT2D eigenvalue weighted by Crippen LogP contribution is 2.27. The minimum atomic E-state index is -0.197. The number of aromatic nitrogens is 3. The first-order valence-corrected chi connectivity index (χ1v) is 9.79. The Hall–Kier alpha value is -2.73. The Morgan fingerprint density at radius 2 is 1.93 bits per heavy atom. The first-order chi connectivity index (χ1) is 13.2. The molecule has 0 unspecified atom stereocenters. The number of aryl methyl sites for hydroxylation is 1. The highest BCUT2D eigenvalue weighted by atomic mass is 79.9. The fourth-order valence-electron chi connectivity index (χ4n) is 3.08. The van der Waals surface area contributed by atoms with Crippen molar-refractivity contribution in [2.75, 3.05) is 5.32 Å². The molecule has 4 rings (SSSR count). The van der Waals surface area contributed by atoms with E-state index in [1.807, 2.05) is 53.2 Å². The van der Waals surface area contributed by atoms with Crippen LogP contribution in [0.2, 0.25) is 0 Å². The predicted molar refractivity (Wildman–Crippen MR) is 112 cm³/mol. The number of hydrogen-bond acceptors (Lipinski definition) is 3. The number of unbranched alkanes of at least 4 members (excludes halogenated alkanes) is 1. The number of fused-ring (bicyclic) bond motifs is 2. The van der Waals surface area contributed by atoms with Gasteiger partial charge in [0.05, 0.1) is 16.5 Å². The van der Waals surface area contributed by atoms with Crippen molar-refractivity contribution in [2.45, 2.75) is 26.3 Å². The number of halogens is 1. The van der Waals surface area contributed by atoms with Crippen LogP contribution in [0.5, 0.6) is 0 Å². The fraction of sp³-hybridized carbons (Fsp3) is 0.190. The third kappa shape index (κ3) is 3.45. The molecular weight excluding hydrogens is 404 g/mol. The third-order valence-corrected chi connectivity index (χ3v) is 5.19. The third-order valence-electron chi connectivity index (χ3n) is 4.50. The lowest BCUT2D eigenvalue weighted by atomic mass is 10.2. The van der Waals surface area contributed by atoms with Crippen LogP contribution in [-0.4, -0.2) is 20.7 Å². The monoisotopic (exact) mass is 422 g/mol. The summed E-state index contributed by atoms with van der Waals surface area (Å²) in [5, 5.41) is 9.49. The fourth-order valence-corrected chi connectivity index (χ4v) is 3.54. The number of anilines is 1. The average molecular weight is 423 g/mol. The van der Waals surface area contributed by atoms with Crippen LogP contribution in [0.15, 0.2) is 59.1 Å². The van der Waals surface area contributed by atoms with Gasteiger partial charge in [0.25, 0.3) is 5.91 Å². The number of carbonyl (C=O) groups excluding carboxylic acids is 1. The molecule has 6 heteroatoms. The van der Waals surface area contributed by atoms with E-state index in [1.165, 1.54) is 0 Å². The SMILES string of the molecule is CCCCn1nc(NC(=O)c2ccccc2Br)c2cc3ccccc3nc21. The smallest absolute Gasteiger partial charge is 0.258 e. The molecule has 0 saturated carbocycles. The van der Waals surface area contributed by atoms with E-state index in [2.05, 4.69) is 33.3 Å². The predicted octanol–water partition coefficient (Wildman–Crippen LogP) is 5.40. The minimum absolute atomic E-state index is 0.197. The van der Waals surface area contributed by atoms with Crippen molar-refractivity contribution in [2.24, 2.45) is 0 Å². The van der Waals surface area contributed by atoms with Crippen LogP contribution < -0.4 is 5.32 Å². The van der Waals surface area contributed by atoms with Gasteiger partial charge in [-0.25, -0.2) is 9.67 Å². The molecule has 4 aromatic rings. The van der Waals surface area contributed by atoms with Crippen LogP contribution in [0.25, 0.3) is 21.9 Å². The van der Waals surface area contributed by atoms with Crippen LogP contribution in [0.3, 0.4) is 0 Å². The highest BCUT2D eigenvalue weighted by molar-refractivity contribution is 9.10. The second kappa shape index (κ2) is 7.48. The molecule has 0 fully saturated rings. The number of nitrogens with zero attached hydrogens (tertiary/aromatic N) is 3. The molecule has 1 N–H and O–H groups in total. The van der Waals surface area contributed by atoms with Crippen LogP contribution >= 0.6 is 15.9 Å². The van der Waals surface area contributed by atoms with Gasteiger partial charge in [-0.05, 0) is 46.6 Å². The lowest BCUT2D eigenvalue weighted by Crippen LogP contribution is -2.13. The van der Waals surface area contributed by atoms with Gasteiger partial charge in [0, 0.05) is 16.4 Å². The van der Waals surface area contributed by atoms with Crippen molar-refractivity contribution in [3.63, 3.8) is 0 Å². The quantitative estimate of drug-likeness (QED) is 0.468. The Labute approximate surface area is 165 Å². The standard InChI is InChI=1S/C21H19BrN4O/c1-2-3-12-26-20-16(13-14-8-4-7-11-18(14)23-20)19(25-26)24-21(27)15-9-5-6-10-17(15)22/h4-11,13H,2-3,12H2,1H3,(H,24,25,27). The van der Waals surface area contributed by atoms with Gasteiger partial charge in [0.1, 0.15) is 0 Å². The molecule has 2 heterocycles. The Morgan fingerprint density at radius 1 is 1.15 bits per heavy atom. The number of amides is 1. The summed E-state index contributed by atoms with van der Waals surface area (Å²) < 4.78 is 2.64. The maximum absolute atomic E-state index is 12.8. The normalized spacial score (nSPS) is 11.2. The van der Waals surface area contributed by atoms with Gasteiger partial charge in [-0.1, -0.05) is 43.7 Å². The molecule has 0 aliphatic rings. The van der Waals surface area contributed by atoms with Gasteiger partial charge in [-0.3, -0.25) is 4.79 Å². The topological polar surface area (TPSA) is 59.8 Å². The summed E-state index contributed by atoms with van der Waals surface area (Å²) in [7, 11) is 0. The second-order valence-electron chi connectivity index (χ2n) is 6.41. The van der Waals surface area contributed by atoms with Gasteiger partial charge in [-0.2, -0.15) is 5.10 Å². The van der Waals surface area contributed by atoms with Gasteiger partial charge in [-0.15, -0.1) is 0 Å². The molecule has 136 valence electrons. The molecule has 0 spiro atoms. The molecule has 27 heavy (non-hydrogen) atoms. The lowest BCUT2D eigenvalue weighted by Gasteiger charge is -2.04. The summed E-state index contributed by atoms with van der Waals surface area (Å²) in [5.41, 5.74) is 2.29. The number of nitrogens with one attached hydrogen (secondary N) is 1. The average Bonchev–Trinajstić information content (AvgIpc) is 3.01. The van der Waals surface area contributed by atoms with Crippen molar-refractivity contribution in [1.82, 2.24) is 14.8 Å². The molecule has 2 aromatic heterocycles.